The minimum atomic E-state index is 0.854. The summed E-state index contributed by atoms with van der Waals surface area (Å²) in [5, 5.41) is 8.09. The number of aromatic nitrogens is 3. The fourth-order valence-electron chi connectivity index (χ4n) is 1.42. The Morgan fingerprint density at radius 2 is 1.73 bits per heavy atom. The summed E-state index contributed by atoms with van der Waals surface area (Å²) in [6.07, 6.45) is 6.08. The average molecular weight is 152 g/mol. The molecule has 4 nitrogen and oxygen atoms in total. The van der Waals surface area contributed by atoms with Gasteiger partial charge in [-0.3, -0.25) is 4.90 Å². The summed E-state index contributed by atoms with van der Waals surface area (Å²) >= 11 is 0. The van der Waals surface area contributed by atoms with Crippen LogP contribution in [-0.2, 0) is 6.67 Å². The van der Waals surface area contributed by atoms with Crippen molar-refractivity contribution in [1.29, 1.82) is 0 Å². The monoisotopic (exact) mass is 152 g/mol. The van der Waals surface area contributed by atoms with Crippen LogP contribution in [0.2, 0.25) is 0 Å². The SMILES string of the molecule is c1cnn(CN2CCCC2)n1. The third-order valence-corrected chi connectivity index (χ3v) is 1.99. The molecule has 2 rings (SSSR count). The van der Waals surface area contributed by atoms with E-state index in [1.54, 1.807) is 17.2 Å². The summed E-state index contributed by atoms with van der Waals surface area (Å²) in [7, 11) is 0. The molecule has 0 radical (unpaired) electrons. The van der Waals surface area contributed by atoms with Crippen LogP contribution in [0.3, 0.4) is 0 Å². The quantitative estimate of drug-likeness (QED) is 0.612. The van der Waals surface area contributed by atoms with Gasteiger partial charge >= 0.3 is 0 Å². The van der Waals surface area contributed by atoms with Crippen molar-refractivity contribution < 1.29 is 0 Å². The molecule has 0 bridgehead atoms. The smallest absolute Gasteiger partial charge is 0.113 e. The molecule has 60 valence electrons. The van der Waals surface area contributed by atoms with Gasteiger partial charge in [0.2, 0.25) is 0 Å². The molecule has 0 spiro atoms. The van der Waals surface area contributed by atoms with Crippen molar-refractivity contribution in [2.24, 2.45) is 0 Å². The van der Waals surface area contributed by atoms with E-state index in [1.807, 2.05) is 0 Å². The maximum absolute atomic E-state index is 4.04. The van der Waals surface area contributed by atoms with Crippen LogP contribution in [-0.4, -0.2) is 33.0 Å². The molecule has 0 amide bonds. The van der Waals surface area contributed by atoms with Crippen LogP contribution in [0, 0.1) is 0 Å². The summed E-state index contributed by atoms with van der Waals surface area (Å²) in [6, 6.07) is 0. The lowest BCUT2D eigenvalue weighted by Crippen LogP contribution is -2.24. The molecule has 0 aliphatic carbocycles. The Morgan fingerprint density at radius 1 is 1.09 bits per heavy atom. The summed E-state index contributed by atoms with van der Waals surface area (Å²) < 4.78 is 0. The maximum Gasteiger partial charge on any atom is 0.113 e. The summed E-state index contributed by atoms with van der Waals surface area (Å²) in [5.41, 5.74) is 0. The first kappa shape index (κ1) is 6.79. The van der Waals surface area contributed by atoms with Gasteiger partial charge in [-0.05, 0) is 25.9 Å². The third kappa shape index (κ3) is 1.57. The van der Waals surface area contributed by atoms with Crippen LogP contribution in [0.25, 0.3) is 0 Å². The van der Waals surface area contributed by atoms with Crippen molar-refractivity contribution in [3.05, 3.63) is 12.4 Å². The highest BCUT2D eigenvalue weighted by Gasteiger charge is 2.11. The molecular weight excluding hydrogens is 140 g/mol. The van der Waals surface area contributed by atoms with Crippen molar-refractivity contribution in [3.63, 3.8) is 0 Å². The van der Waals surface area contributed by atoms with Gasteiger partial charge < -0.3 is 0 Å². The molecule has 1 aliphatic heterocycles. The zero-order chi connectivity index (χ0) is 7.52. The first-order valence-corrected chi connectivity index (χ1v) is 4.01. The summed E-state index contributed by atoms with van der Waals surface area (Å²) in [6.45, 7) is 3.25. The maximum atomic E-state index is 4.04. The van der Waals surface area contributed by atoms with Gasteiger partial charge in [0.05, 0.1) is 12.4 Å². The van der Waals surface area contributed by atoms with Crippen molar-refractivity contribution in [1.82, 2.24) is 19.9 Å². The van der Waals surface area contributed by atoms with E-state index in [0.29, 0.717) is 0 Å². The average Bonchev–Trinajstić information content (AvgIpc) is 2.60. The highest BCUT2D eigenvalue weighted by molar-refractivity contribution is 4.64. The van der Waals surface area contributed by atoms with Gasteiger partial charge in [-0.2, -0.15) is 15.0 Å². The van der Waals surface area contributed by atoms with Gasteiger partial charge in [0, 0.05) is 0 Å². The number of rotatable bonds is 2. The molecule has 1 saturated heterocycles. The molecule has 1 aliphatic rings. The van der Waals surface area contributed by atoms with E-state index in [1.165, 1.54) is 25.9 Å². The molecule has 11 heavy (non-hydrogen) atoms. The van der Waals surface area contributed by atoms with E-state index < -0.39 is 0 Å². The second-order valence-electron chi connectivity index (χ2n) is 2.87. The Bertz CT molecular complexity index is 200. The van der Waals surface area contributed by atoms with E-state index in [0.717, 1.165) is 6.67 Å². The minimum Gasteiger partial charge on any atom is -0.283 e. The predicted octanol–water partition coefficient (Wildman–Crippen LogP) is 0.331. The molecule has 1 aromatic rings. The molecule has 0 aromatic carbocycles. The lowest BCUT2D eigenvalue weighted by molar-refractivity contribution is 0.238. The second-order valence-corrected chi connectivity index (χ2v) is 2.87. The van der Waals surface area contributed by atoms with Crippen molar-refractivity contribution in [2.45, 2.75) is 19.5 Å². The first-order valence-electron chi connectivity index (χ1n) is 4.01. The topological polar surface area (TPSA) is 34.0 Å². The van der Waals surface area contributed by atoms with Crippen LogP contribution in [0.5, 0.6) is 0 Å². The van der Waals surface area contributed by atoms with E-state index in [-0.39, 0.29) is 0 Å². The minimum absolute atomic E-state index is 0.854. The Labute approximate surface area is 65.8 Å². The van der Waals surface area contributed by atoms with Crippen LogP contribution < -0.4 is 0 Å². The van der Waals surface area contributed by atoms with Crippen molar-refractivity contribution in [3.8, 4) is 0 Å². The zero-order valence-corrected chi connectivity index (χ0v) is 6.48. The Kier molecular flexibility index (Phi) is 1.85. The largest absolute Gasteiger partial charge is 0.283 e. The van der Waals surface area contributed by atoms with Crippen LogP contribution >= 0.6 is 0 Å². The van der Waals surface area contributed by atoms with Crippen molar-refractivity contribution >= 4 is 0 Å². The fraction of sp³-hybridized carbons (Fsp3) is 0.714. The Balaban J connectivity index is 1.90. The van der Waals surface area contributed by atoms with Crippen LogP contribution in [0.4, 0.5) is 0 Å². The Morgan fingerprint density at radius 3 is 2.36 bits per heavy atom. The van der Waals surface area contributed by atoms with E-state index in [9.17, 15) is 0 Å². The Hall–Kier alpha value is -0.900. The zero-order valence-electron chi connectivity index (χ0n) is 6.48. The van der Waals surface area contributed by atoms with Crippen LogP contribution in [0.1, 0.15) is 12.8 Å². The van der Waals surface area contributed by atoms with Crippen LogP contribution in [0.15, 0.2) is 12.4 Å². The summed E-state index contributed by atoms with van der Waals surface area (Å²) in [4.78, 5) is 4.09. The van der Waals surface area contributed by atoms with Crippen molar-refractivity contribution in [2.75, 3.05) is 13.1 Å². The predicted molar refractivity (Wildman–Crippen MR) is 40.8 cm³/mol. The van der Waals surface area contributed by atoms with E-state index in [4.69, 9.17) is 0 Å². The molecule has 0 atom stereocenters. The number of likely N-dealkylation sites (tertiary alicyclic amines) is 1. The lowest BCUT2D eigenvalue weighted by Gasteiger charge is -2.12. The normalized spacial score (nSPS) is 19.3. The highest BCUT2D eigenvalue weighted by Crippen LogP contribution is 2.06. The summed E-state index contributed by atoms with van der Waals surface area (Å²) in [5.74, 6) is 0. The van der Waals surface area contributed by atoms with Gasteiger partial charge in [0.25, 0.3) is 0 Å². The molecule has 4 heteroatoms. The van der Waals surface area contributed by atoms with Gasteiger partial charge in [-0.15, -0.1) is 0 Å². The van der Waals surface area contributed by atoms with E-state index in [2.05, 4.69) is 15.1 Å². The van der Waals surface area contributed by atoms with E-state index >= 15 is 0 Å². The standard InChI is InChI=1S/C7H12N4/c1-2-6-10(5-1)7-11-8-3-4-9-11/h3-4H,1-2,5-7H2. The lowest BCUT2D eigenvalue weighted by atomic mass is 10.4. The van der Waals surface area contributed by atoms with Gasteiger partial charge in [0.1, 0.15) is 6.67 Å². The number of nitrogens with zero attached hydrogens (tertiary/aromatic N) is 4. The molecule has 0 unspecified atom stereocenters. The first-order chi connectivity index (χ1) is 5.45. The number of hydrogen-bond acceptors (Lipinski definition) is 3. The molecule has 1 aromatic heterocycles. The third-order valence-electron chi connectivity index (χ3n) is 1.99. The number of hydrogen-bond donors (Lipinski definition) is 0. The van der Waals surface area contributed by atoms with Gasteiger partial charge in [0.15, 0.2) is 0 Å². The molecule has 2 heterocycles. The van der Waals surface area contributed by atoms with Gasteiger partial charge in [-0.25, -0.2) is 0 Å². The second kappa shape index (κ2) is 3.00. The molecule has 0 saturated carbocycles. The molecular formula is C7H12N4. The highest BCUT2D eigenvalue weighted by atomic mass is 15.5. The molecule has 0 N–H and O–H groups in total. The molecule has 1 fully saturated rings. The van der Waals surface area contributed by atoms with Gasteiger partial charge in [-0.1, -0.05) is 0 Å². The fourth-order valence-corrected chi connectivity index (χ4v) is 1.42.